The van der Waals surface area contributed by atoms with Gasteiger partial charge in [-0.1, -0.05) is 149 Å². The van der Waals surface area contributed by atoms with Crippen LogP contribution in [-0.2, 0) is 4.79 Å². The molecule has 0 aromatic heterocycles. The van der Waals surface area contributed by atoms with Crippen LogP contribution in [-0.4, -0.2) is 54.6 Å². The zero-order valence-electron chi connectivity index (χ0n) is 27.3. The third-order valence-electron chi connectivity index (χ3n) is 8.70. The van der Waals surface area contributed by atoms with Crippen LogP contribution in [0.25, 0.3) is 0 Å². The van der Waals surface area contributed by atoms with Crippen LogP contribution >= 0.6 is 0 Å². The predicted octanol–water partition coefficient (Wildman–Crippen LogP) is 11.1. The highest BCUT2D eigenvalue weighted by atomic mass is 19.4. The van der Waals surface area contributed by atoms with E-state index in [1.54, 1.807) is 0 Å². The Bertz CT molecular complexity index is 556. The van der Waals surface area contributed by atoms with Gasteiger partial charge in [0.15, 0.2) is 0 Å². The smallest absolute Gasteiger partial charge is 0.329 e. The van der Waals surface area contributed by atoms with E-state index in [4.69, 9.17) is 0 Å². The number of amides is 1. The molecule has 3 nitrogen and oxygen atoms in total. The monoisotopic (exact) mass is 577 g/mol. The van der Waals surface area contributed by atoms with Gasteiger partial charge in [-0.25, -0.2) is 0 Å². The number of halogens is 3. The number of carbonyl (C=O) groups is 1. The average Bonchev–Trinajstić information content (AvgIpc) is 2.91. The topological polar surface area (TPSA) is 23.6 Å². The normalized spacial score (nSPS) is 12.4. The Morgan fingerprint density at radius 3 is 1.18 bits per heavy atom. The van der Waals surface area contributed by atoms with Crippen molar-refractivity contribution in [3.05, 3.63) is 0 Å². The summed E-state index contributed by atoms with van der Waals surface area (Å²) in [6.45, 7) is 7.32. The van der Waals surface area contributed by atoms with Gasteiger partial charge in [-0.2, -0.15) is 13.2 Å². The Labute approximate surface area is 247 Å². The summed E-state index contributed by atoms with van der Waals surface area (Å²) < 4.78 is 41.5. The van der Waals surface area contributed by atoms with Crippen molar-refractivity contribution >= 4 is 5.91 Å². The summed E-state index contributed by atoms with van der Waals surface area (Å²) >= 11 is 0. The first-order valence-corrected chi connectivity index (χ1v) is 17.2. The van der Waals surface area contributed by atoms with Gasteiger partial charge in [0.2, 0.25) is 0 Å². The molecule has 0 radical (unpaired) electrons. The summed E-state index contributed by atoms with van der Waals surface area (Å²) in [4.78, 5) is 16.0. The van der Waals surface area contributed by atoms with E-state index in [9.17, 15) is 18.0 Å². The van der Waals surface area contributed by atoms with Gasteiger partial charge in [-0.15, -0.1) is 0 Å². The number of carbonyl (C=O) groups excluding carboxylic acids is 1. The molecular weight excluding hydrogens is 509 g/mol. The molecule has 0 fully saturated rings. The Hall–Kier alpha value is -0.780. The SMILES string of the molecule is CCCCCCCCCCCCC(CC)(CCCCCCCCCCCC)N(CCCN(C)C)C(=O)C(F)(F)F. The molecule has 0 atom stereocenters. The summed E-state index contributed by atoms with van der Waals surface area (Å²) in [6, 6.07) is 0. The summed E-state index contributed by atoms with van der Waals surface area (Å²) in [6.07, 6.45) is 21.8. The highest BCUT2D eigenvalue weighted by molar-refractivity contribution is 5.82. The zero-order chi connectivity index (χ0) is 30.1. The van der Waals surface area contributed by atoms with E-state index in [0.717, 1.165) is 38.5 Å². The number of rotatable bonds is 28. The van der Waals surface area contributed by atoms with Crippen molar-refractivity contribution in [1.29, 1.82) is 0 Å². The minimum absolute atomic E-state index is 0.180. The zero-order valence-corrected chi connectivity index (χ0v) is 27.3. The number of hydrogen-bond donors (Lipinski definition) is 0. The van der Waals surface area contributed by atoms with Gasteiger partial charge < -0.3 is 9.80 Å². The maximum atomic E-state index is 13.8. The van der Waals surface area contributed by atoms with Crippen LogP contribution in [0.4, 0.5) is 13.2 Å². The van der Waals surface area contributed by atoms with E-state index >= 15 is 0 Å². The minimum Gasteiger partial charge on any atom is -0.329 e. The molecule has 0 aliphatic heterocycles. The molecular formula is C34H67F3N2O. The second-order valence-corrected chi connectivity index (χ2v) is 12.6. The molecule has 0 N–H and O–H groups in total. The van der Waals surface area contributed by atoms with E-state index in [-0.39, 0.29) is 6.54 Å². The second-order valence-electron chi connectivity index (χ2n) is 12.6. The maximum Gasteiger partial charge on any atom is 0.471 e. The number of alkyl halides is 3. The lowest BCUT2D eigenvalue weighted by molar-refractivity contribution is -0.193. The van der Waals surface area contributed by atoms with Gasteiger partial charge in [-0.05, 0) is 46.3 Å². The molecule has 0 unspecified atom stereocenters. The molecule has 0 aromatic carbocycles. The van der Waals surface area contributed by atoms with Crippen molar-refractivity contribution in [3.8, 4) is 0 Å². The lowest BCUT2D eigenvalue weighted by Gasteiger charge is -2.45. The predicted molar refractivity (Wildman–Crippen MR) is 167 cm³/mol. The Morgan fingerprint density at radius 1 is 0.525 bits per heavy atom. The molecule has 0 saturated carbocycles. The molecule has 1 amide bonds. The van der Waals surface area contributed by atoms with Crippen LogP contribution in [0.5, 0.6) is 0 Å². The van der Waals surface area contributed by atoms with Crippen molar-refractivity contribution in [2.45, 2.75) is 187 Å². The van der Waals surface area contributed by atoms with E-state index in [1.165, 1.54) is 94.8 Å². The van der Waals surface area contributed by atoms with Crippen LogP contribution in [0.15, 0.2) is 0 Å². The highest BCUT2D eigenvalue weighted by Gasteiger charge is 2.48. The minimum atomic E-state index is -4.83. The third-order valence-corrected chi connectivity index (χ3v) is 8.70. The molecule has 0 aliphatic rings. The van der Waals surface area contributed by atoms with Crippen molar-refractivity contribution in [2.24, 2.45) is 0 Å². The fraction of sp³-hybridized carbons (Fsp3) is 0.971. The molecule has 0 aromatic rings. The van der Waals surface area contributed by atoms with E-state index in [2.05, 4.69) is 13.8 Å². The lowest BCUT2D eigenvalue weighted by atomic mass is 9.81. The van der Waals surface area contributed by atoms with Crippen LogP contribution in [0.3, 0.4) is 0 Å². The van der Waals surface area contributed by atoms with E-state index < -0.39 is 17.6 Å². The first kappa shape index (κ1) is 39.2. The summed E-state index contributed by atoms with van der Waals surface area (Å²) in [5.74, 6) is -1.63. The van der Waals surface area contributed by atoms with Gasteiger partial charge >= 0.3 is 12.1 Å². The average molecular weight is 577 g/mol. The van der Waals surface area contributed by atoms with Crippen molar-refractivity contribution < 1.29 is 18.0 Å². The van der Waals surface area contributed by atoms with Gasteiger partial charge in [-0.3, -0.25) is 4.79 Å². The summed E-state index contributed by atoms with van der Waals surface area (Å²) in [7, 11) is 3.85. The van der Waals surface area contributed by atoms with Gasteiger partial charge in [0.1, 0.15) is 0 Å². The molecule has 0 bridgehead atoms. The van der Waals surface area contributed by atoms with Crippen LogP contribution in [0.2, 0.25) is 0 Å². The largest absolute Gasteiger partial charge is 0.471 e. The second kappa shape index (κ2) is 24.8. The van der Waals surface area contributed by atoms with Crippen LogP contribution < -0.4 is 0 Å². The Kier molecular flexibility index (Phi) is 24.3. The molecule has 0 spiro atoms. The Balaban J connectivity index is 5.09. The fourth-order valence-corrected chi connectivity index (χ4v) is 6.07. The first-order valence-electron chi connectivity index (χ1n) is 17.2. The van der Waals surface area contributed by atoms with Crippen molar-refractivity contribution in [1.82, 2.24) is 9.80 Å². The van der Waals surface area contributed by atoms with Gasteiger partial charge in [0.05, 0.1) is 0 Å². The molecule has 0 aliphatic carbocycles. The number of hydrogen-bond acceptors (Lipinski definition) is 2. The summed E-state index contributed by atoms with van der Waals surface area (Å²) in [5, 5.41) is 0. The van der Waals surface area contributed by atoms with E-state index in [0.29, 0.717) is 32.2 Å². The molecule has 6 heteroatoms. The van der Waals surface area contributed by atoms with Gasteiger partial charge in [0.25, 0.3) is 0 Å². The molecule has 240 valence electrons. The molecule has 40 heavy (non-hydrogen) atoms. The third kappa shape index (κ3) is 19.4. The lowest BCUT2D eigenvalue weighted by Crippen LogP contribution is -2.56. The Morgan fingerprint density at radius 2 is 0.875 bits per heavy atom. The van der Waals surface area contributed by atoms with Crippen LogP contribution in [0, 0.1) is 0 Å². The molecule has 0 saturated heterocycles. The van der Waals surface area contributed by atoms with Crippen molar-refractivity contribution in [2.75, 3.05) is 27.2 Å². The fourth-order valence-electron chi connectivity index (χ4n) is 6.07. The van der Waals surface area contributed by atoms with Crippen molar-refractivity contribution in [3.63, 3.8) is 0 Å². The first-order chi connectivity index (χ1) is 19.1. The van der Waals surface area contributed by atoms with Crippen LogP contribution in [0.1, 0.15) is 175 Å². The summed E-state index contributed by atoms with van der Waals surface area (Å²) in [5.41, 5.74) is -0.695. The highest BCUT2D eigenvalue weighted by Crippen LogP contribution is 2.36. The van der Waals surface area contributed by atoms with Gasteiger partial charge in [0, 0.05) is 12.1 Å². The quantitative estimate of drug-likeness (QED) is 0.0865. The number of unbranched alkanes of at least 4 members (excludes halogenated alkanes) is 18. The maximum absolute atomic E-state index is 13.8. The van der Waals surface area contributed by atoms with E-state index in [1.807, 2.05) is 25.9 Å². The molecule has 0 rings (SSSR count). The number of nitrogens with zero attached hydrogens (tertiary/aromatic N) is 2. The standard InChI is InChI=1S/C34H67F3N2O/c1-6-9-11-13-15-17-19-21-23-25-28-33(8-3,29-26-24-22-20-18-16-14-12-10-7-2)39(31-27-30-38(4)5)32(40)34(35,36)37/h6-31H2,1-5H3. The molecule has 0 heterocycles.